The molecule has 0 saturated heterocycles. The van der Waals surface area contributed by atoms with E-state index in [0.717, 1.165) is 25.3 Å². The number of carbonyl (C=O) groups excluding carboxylic acids is 1. The normalized spacial score (nSPS) is 11.1. The van der Waals surface area contributed by atoms with E-state index in [1.807, 2.05) is 24.3 Å². The van der Waals surface area contributed by atoms with Crippen molar-refractivity contribution in [1.82, 2.24) is 0 Å². The molecule has 2 N–H and O–H groups in total. The molecule has 3 aromatic rings. The minimum absolute atomic E-state index is 0.131. The molecule has 1 amide bonds. The van der Waals surface area contributed by atoms with Crippen LogP contribution in [0.3, 0.4) is 0 Å². The Kier molecular flexibility index (Phi) is 6.84. The third kappa shape index (κ3) is 5.45. The van der Waals surface area contributed by atoms with Crippen molar-refractivity contribution in [3.8, 4) is 0 Å². The van der Waals surface area contributed by atoms with Gasteiger partial charge in [-0.25, -0.2) is 12.8 Å². The fourth-order valence-electron chi connectivity index (χ4n) is 2.89. The smallest absolute Gasteiger partial charge is 0.262 e. The lowest BCUT2D eigenvalue weighted by molar-refractivity contribution is 0.102. The maximum Gasteiger partial charge on any atom is 0.262 e. The number of halogens is 1. The molecule has 0 aliphatic heterocycles. The summed E-state index contributed by atoms with van der Waals surface area (Å²) in [5.41, 5.74) is 1.84. The molecular formula is C23H23FN2O3S. The largest absolute Gasteiger partial charge is 0.322 e. The first kappa shape index (κ1) is 21.5. The first-order valence-corrected chi connectivity index (χ1v) is 11.1. The van der Waals surface area contributed by atoms with Crippen LogP contribution in [0.2, 0.25) is 0 Å². The topological polar surface area (TPSA) is 75.3 Å². The highest BCUT2D eigenvalue weighted by molar-refractivity contribution is 7.92. The number of amides is 1. The van der Waals surface area contributed by atoms with Gasteiger partial charge in [0.25, 0.3) is 15.9 Å². The van der Waals surface area contributed by atoms with Crippen molar-refractivity contribution in [2.45, 2.75) is 31.1 Å². The minimum Gasteiger partial charge on any atom is -0.322 e. The Morgan fingerprint density at radius 1 is 0.967 bits per heavy atom. The van der Waals surface area contributed by atoms with Gasteiger partial charge in [0.15, 0.2) is 0 Å². The maximum atomic E-state index is 13.8. The number of carbonyl (C=O) groups is 1. The molecule has 0 spiro atoms. The van der Waals surface area contributed by atoms with Gasteiger partial charge in [0.2, 0.25) is 0 Å². The summed E-state index contributed by atoms with van der Waals surface area (Å²) in [7, 11) is -4.05. The van der Waals surface area contributed by atoms with Gasteiger partial charge >= 0.3 is 0 Å². The number of unbranched alkanes of at least 4 members (excludes halogenated alkanes) is 1. The Labute approximate surface area is 176 Å². The number of nitrogens with one attached hydrogen (secondary N) is 2. The van der Waals surface area contributed by atoms with Crippen molar-refractivity contribution < 1.29 is 17.6 Å². The summed E-state index contributed by atoms with van der Waals surface area (Å²) in [6.45, 7) is 2.13. The van der Waals surface area contributed by atoms with Crippen LogP contribution in [-0.4, -0.2) is 14.3 Å². The SMILES string of the molecule is CCCCc1ccc(NC(=O)c2cccc(S(=O)(=O)Nc3ccccc3F)c2)cc1. The molecule has 0 fully saturated rings. The van der Waals surface area contributed by atoms with Crippen molar-refractivity contribution in [2.24, 2.45) is 0 Å². The first-order valence-electron chi connectivity index (χ1n) is 9.67. The molecule has 0 bridgehead atoms. The fraction of sp³-hybridized carbons (Fsp3) is 0.174. The van der Waals surface area contributed by atoms with Gasteiger partial charge in [0.05, 0.1) is 10.6 Å². The number of para-hydroxylation sites is 1. The van der Waals surface area contributed by atoms with Crippen LogP contribution in [0.5, 0.6) is 0 Å². The van der Waals surface area contributed by atoms with Crippen LogP contribution in [0.25, 0.3) is 0 Å². The minimum atomic E-state index is -4.05. The Balaban J connectivity index is 1.74. The average Bonchev–Trinajstić information content (AvgIpc) is 2.75. The molecular weight excluding hydrogens is 403 g/mol. The van der Waals surface area contributed by atoms with E-state index in [0.29, 0.717) is 5.69 Å². The highest BCUT2D eigenvalue weighted by Crippen LogP contribution is 2.20. The second-order valence-corrected chi connectivity index (χ2v) is 8.55. The molecule has 0 aromatic heterocycles. The highest BCUT2D eigenvalue weighted by atomic mass is 32.2. The van der Waals surface area contributed by atoms with Crippen LogP contribution < -0.4 is 10.0 Å². The Bertz CT molecular complexity index is 1130. The molecule has 0 aliphatic rings. The zero-order valence-electron chi connectivity index (χ0n) is 16.6. The number of sulfonamides is 1. The molecule has 0 heterocycles. The third-order valence-corrected chi connectivity index (χ3v) is 5.92. The Hall–Kier alpha value is -3.19. The van der Waals surface area contributed by atoms with E-state index in [1.165, 1.54) is 48.0 Å². The number of rotatable bonds is 8. The molecule has 3 rings (SSSR count). The van der Waals surface area contributed by atoms with E-state index in [2.05, 4.69) is 17.0 Å². The van der Waals surface area contributed by atoms with Crippen molar-refractivity contribution >= 4 is 27.3 Å². The van der Waals surface area contributed by atoms with Gasteiger partial charge in [-0.05, 0) is 60.9 Å². The van der Waals surface area contributed by atoms with E-state index >= 15 is 0 Å². The zero-order valence-corrected chi connectivity index (χ0v) is 17.4. The van der Waals surface area contributed by atoms with E-state index in [-0.39, 0.29) is 16.1 Å². The molecule has 7 heteroatoms. The van der Waals surface area contributed by atoms with Crippen molar-refractivity contribution in [3.63, 3.8) is 0 Å². The van der Waals surface area contributed by atoms with Gasteiger partial charge in [0, 0.05) is 11.3 Å². The van der Waals surface area contributed by atoms with E-state index in [9.17, 15) is 17.6 Å². The summed E-state index contributed by atoms with van der Waals surface area (Å²) in [5.74, 6) is -1.11. The number of hydrogen-bond acceptors (Lipinski definition) is 3. The van der Waals surface area contributed by atoms with Gasteiger partial charge in [-0.2, -0.15) is 0 Å². The highest BCUT2D eigenvalue weighted by Gasteiger charge is 2.18. The Morgan fingerprint density at radius 3 is 2.40 bits per heavy atom. The summed E-state index contributed by atoms with van der Waals surface area (Å²) >= 11 is 0. The molecule has 0 saturated carbocycles. The van der Waals surface area contributed by atoms with E-state index in [1.54, 1.807) is 0 Å². The van der Waals surface area contributed by atoms with E-state index in [4.69, 9.17) is 0 Å². The molecule has 156 valence electrons. The van der Waals surface area contributed by atoms with Gasteiger partial charge in [-0.1, -0.05) is 43.7 Å². The van der Waals surface area contributed by atoms with Gasteiger partial charge in [-0.15, -0.1) is 0 Å². The van der Waals surface area contributed by atoms with Gasteiger partial charge < -0.3 is 5.32 Å². The third-order valence-electron chi connectivity index (χ3n) is 4.56. The molecule has 0 radical (unpaired) electrons. The van der Waals surface area contributed by atoms with Gasteiger partial charge in [0.1, 0.15) is 5.82 Å². The molecule has 0 aliphatic carbocycles. The van der Waals surface area contributed by atoms with Crippen LogP contribution in [0.1, 0.15) is 35.7 Å². The van der Waals surface area contributed by atoms with Crippen molar-refractivity contribution in [1.29, 1.82) is 0 Å². The Morgan fingerprint density at radius 2 is 1.70 bits per heavy atom. The van der Waals surface area contributed by atoms with Crippen molar-refractivity contribution in [2.75, 3.05) is 10.0 Å². The number of anilines is 2. The molecule has 0 unspecified atom stereocenters. The number of benzene rings is 3. The van der Waals surface area contributed by atoms with Crippen LogP contribution >= 0.6 is 0 Å². The predicted octanol–water partition coefficient (Wildman–Crippen LogP) is 5.22. The van der Waals surface area contributed by atoms with E-state index < -0.39 is 21.7 Å². The van der Waals surface area contributed by atoms with Gasteiger partial charge in [-0.3, -0.25) is 9.52 Å². The summed E-state index contributed by atoms with van der Waals surface area (Å²) < 4.78 is 41.2. The summed E-state index contributed by atoms with van der Waals surface area (Å²) in [4.78, 5) is 12.4. The quantitative estimate of drug-likeness (QED) is 0.518. The van der Waals surface area contributed by atoms with Crippen LogP contribution in [0.15, 0.2) is 77.7 Å². The second kappa shape index (κ2) is 9.54. The molecule has 30 heavy (non-hydrogen) atoms. The fourth-order valence-corrected chi connectivity index (χ4v) is 4.00. The lowest BCUT2D eigenvalue weighted by Crippen LogP contribution is -2.16. The average molecular weight is 427 g/mol. The number of hydrogen-bond donors (Lipinski definition) is 2. The second-order valence-electron chi connectivity index (χ2n) is 6.87. The zero-order chi connectivity index (χ0) is 21.6. The van der Waals surface area contributed by atoms with Crippen LogP contribution in [-0.2, 0) is 16.4 Å². The lowest BCUT2D eigenvalue weighted by atomic mass is 10.1. The summed E-state index contributed by atoms with van der Waals surface area (Å²) in [6.07, 6.45) is 3.21. The lowest BCUT2D eigenvalue weighted by Gasteiger charge is -2.11. The van der Waals surface area contributed by atoms with Crippen LogP contribution in [0, 0.1) is 5.82 Å². The van der Waals surface area contributed by atoms with Crippen LogP contribution in [0.4, 0.5) is 15.8 Å². The van der Waals surface area contributed by atoms with Crippen molar-refractivity contribution in [3.05, 3.63) is 89.7 Å². The maximum absolute atomic E-state index is 13.8. The number of aryl methyl sites for hydroxylation is 1. The molecule has 5 nitrogen and oxygen atoms in total. The predicted molar refractivity (Wildman–Crippen MR) is 117 cm³/mol. The monoisotopic (exact) mass is 426 g/mol. The standard InChI is InChI=1S/C23H23FN2O3S/c1-2-3-7-17-12-14-19(15-13-17)25-23(27)18-8-6-9-20(16-18)30(28,29)26-22-11-5-4-10-21(22)24/h4-6,8-16,26H,2-3,7H2,1H3,(H,25,27). The molecule has 3 aromatic carbocycles. The first-order chi connectivity index (χ1) is 14.4. The summed E-state index contributed by atoms with van der Waals surface area (Å²) in [5, 5.41) is 2.76. The summed E-state index contributed by atoms with van der Waals surface area (Å²) in [6, 6.07) is 18.7. The molecule has 0 atom stereocenters.